The van der Waals surface area contributed by atoms with Gasteiger partial charge in [0, 0.05) is 18.6 Å². The number of aliphatic hydroxyl groups excluding tert-OH is 1. The van der Waals surface area contributed by atoms with Crippen molar-refractivity contribution in [3.8, 4) is 11.5 Å². The summed E-state index contributed by atoms with van der Waals surface area (Å²) in [6.45, 7) is 1.79. The van der Waals surface area contributed by atoms with Gasteiger partial charge in [0.15, 0.2) is 17.8 Å². The Morgan fingerprint density at radius 1 is 1.35 bits per heavy atom. The van der Waals surface area contributed by atoms with Crippen LogP contribution in [-0.4, -0.2) is 38.6 Å². The third kappa shape index (κ3) is 3.53. The van der Waals surface area contributed by atoms with Gasteiger partial charge in [0.25, 0.3) is 0 Å². The largest absolute Gasteiger partial charge is 0.493 e. The number of nitrogen functional groups attached to an aromatic ring is 1. The first kappa shape index (κ1) is 14.9. The van der Waals surface area contributed by atoms with Crippen molar-refractivity contribution in [1.82, 2.24) is 0 Å². The van der Waals surface area contributed by atoms with Crippen molar-refractivity contribution in [1.29, 1.82) is 0 Å². The lowest BCUT2D eigenvalue weighted by Crippen LogP contribution is -2.18. The van der Waals surface area contributed by atoms with E-state index in [4.69, 9.17) is 29.8 Å². The Hall–Kier alpha value is -1.50. The number of rotatable bonds is 6. The molecule has 6 nitrogen and oxygen atoms in total. The van der Waals surface area contributed by atoms with Gasteiger partial charge >= 0.3 is 0 Å². The van der Waals surface area contributed by atoms with Crippen molar-refractivity contribution in [2.45, 2.75) is 19.1 Å². The molecule has 6 heteroatoms. The lowest BCUT2D eigenvalue weighted by molar-refractivity contribution is -0.183. The Balaban J connectivity index is 2.17. The molecule has 0 saturated carbocycles. The molecule has 1 heterocycles. The molecule has 1 saturated heterocycles. The van der Waals surface area contributed by atoms with Crippen molar-refractivity contribution in [2.24, 2.45) is 0 Å². The number of aliphatic hydroxyl groups is 1. The van der Waals surface area contributed by atoms with E-state index < -0.39 is 6.29 Å². The van der Waals surface area contributed by atoms with Crippen LogP contribution in [0.4, 0.5) is 5.69 Å². The van der Waals surface area contributed by atoms with Crippen LogP contribution in [0.3, 0.4) is 0 Å². The number of anilines is 1. The first-order valence-corrected chi connectivity index (χ1v) is 6.70. The molecule has 0 bridgehead atoms. The molecular weight excluding hydrogens is 262 g/mol. The maximum atomic E-state index is 8.78. The van der Waals surface area contributed by atoms with Gasteiger partial charge in [0.05, 0.1) is 32.6 Å². The molecule has 2 rings (SSSR count). The van der Waals surface area contributed by atoms with E-state index in [2.05, 4.69) is 0 Å². The molecule has 0 aromatic heterocycles. The highest BCUT2D eigenvalue weighted by atomic mass is 16.7. The van der Waals surface area contributed by atoms with Crippen LogP contribution in [0.5, 0.6) is 11.5 Å². The number of benzene rings is 1. The summed E-state index contributed by atoms with van der Waals surface area (Å²) < 4.78 is 22.0. The maximum Gasteiger partial charge on any atom is 0.184 e. The number of nitrogens with two attached hydrogens (primary N) is 1. The van der Waals surface area contributed by atoms with Crippen LogP contribution in [0.2, 0.25) is 0 Å². The molecule has 112 valence electrons. The van der Waals surface area contributed by atoms with Crippen molar-refractivity contribution in [2.75, 3.05) is 39.3 Å². The fourth-order valence-electron chi connectivity index (χ4n) is 2.01. The normalized spacial score (nSPS) is 16.1. The molecule has 0 spiro atoms. The molecular formula is C14H21NO5. The van der Waals surface area contributed by atoms with Gasteiger partial charge in [-0.25, -0.2) is 0 Å². The summed E-state index contributed by atoms with van der Waals surface area (Å²) in [7, 11) is 1.56. The topological polar surface area (TPSA) is 83.2 Å². The monoisotopic (exact) mass is 283 g/mol. The average molecular weight is 283 g/mol. The fraction of sp³-hybridized carbons (Fsp3) is 0.571. The van der Waals surface area contributed by atoms with Crippen molar-refractivity contribution < 1.29 is 24.1 Å². The zero-order valence-electron chi connectivity index (χ0n) is 11.6. The third-order valence-electron chi connectivity index (χ3n) is 2.97. The maximum absolute atomic E-state index is 8.78. The predicted octanol–water partition coefficient (Wildman–Crippen LogP) is 1.47. The number of ether oxygens (including phenoxy) is 4. The second-order valence-electron chi connectivity index (χ2n) is 4.49. The standard InChI is InChI=1S/C14H21NO5/c1-17-12-9-10(14-19-6-3-7-20-14)8-11(15)13(12)18-5-2-4-16/h8-9,14,16H,2-7,15H2,1H3. The van der Waals surface area contributed by atoms with E-state index in [1.807, 2.05) is 0 Å². The molecule has 1 aromatic carbocycles. The van der Waals surface area contributed by atoms with Gasteiger partial charge < -0.3 is 29.8 Å². The smallest absolute Gasteiger partial charge is 0.184 e. The summed E-state index contributed by atoms with van der Waals surface area (Å²) in [6.07, 6.45) is 1.02. The van der Waals surface area contributed by atoms with Crippen molar-refractivity contribution >= 4 is 5.69 Å². The van der Waals surface area contributed by atoms with Gasteiger partial charge in [-0.1, -0.05) is 0 Å². The lowest BCUT2D eigenvalue weighted by atomic mass is 10.1. The molecule has 1 fully saturated rings. The summed E-state index contributed by atoms with van der Waals surface area (Å²) in [5, 5.41) is 8.78. The predicted molar refractivity (Wildman–Crippen MR) is 73.9 cm³/mol. The number of hydrogen-bond donors (Lipinski definition) is 2. The van der Waals surface area contributed by atoms with Crippen molar-refractivity contribution in [3.63, 3.8) is 0 Å². The van der Waals surface area contributed by atoms with Crippen LogP contribution in [0.1, 0.15) is 24.7 Å². The minimum absolute atomic E-state index is 0.0735. The van der Waals surface area contributed by atoms with Gasteiger partial charge in [-0.2, -0.15) is 0 Å². The molecule has 1 aliphatic rings. The highest BCUT2D eigenvalue weighted by Gasteiger charge is 2.20. The second kappa shape index (κ2) is 7.33. The minimum atomic E-state index is -0.411. The van der Waals surface area contributed by atoms with Gasteiger partial charge in [-0.15, -0.1) is 0 Å². The summed E-state index contributed by atoms with van der Waals surface area (Å²) in [5.41, 5.74) is 7.29. The molecule has 1 aliphatic heterocycles. The molecule has 0 aliphatic carbocycles. The van der Waals surface area contributed by atoms with E-state index in [1.54, 1.807) is 19.2 Å². The summed E-state index contributed by atoms with van der Waals surface area (Å²) >= 11 is 0. The van der Waals surface area contributed by atoms with E-state index in [0.717, 1.165) is 12.0 Å². The molecule has 0 unspecified atom stereocenters. The van der Waals surface area contributed by atoms with Crippen molar-refractivity contribution in [3.05, 3.63) is 17.7 Å². The van der Waals surface area contributed by atoms with E-state index in [9.17, 15) is 0 Å². The molecule has 0 atom stereocenters. The van der Waals surface area contributed by atoms with Crippen LogP contribution in [0.15, 0.2) is 12.1 Å². The van der Waals surface area contributed by atoms with Crippen LogP contribution < -0.4 is 15.2 Å². The molecule has 3 N–H and O–H groups in total. The Morgan fingerprint density at radius 3 is 2.75 bits per heavy atom. The second-order valence-corrected chi connectivity index (χ2v) is 4.49. The van der Waals surface area contributed by atoms with Crippen LogP contribution in [0.25, 0.3) is 0 Å². The van der Waals surface area contributed by atoms with E-state index >= 15 is 0 Å². The Bertz CT molecular complexity index is 432. The van der Waals surface area contributed by atoms with E-state index in [-0.39, 0.29) is 6.61 Å². The summed E-state index contributed by atoms with van der Waals surface area (Å²) in [6, 6.07) is 3.58. The minimum Gasteiger partial charge on any atom is -0.493 e. The van der Waals surface area contributed by atoms with Crippen LogP contribution >= 0.6 is 0 Å². The quantitative estimate of drug-likeness (QED) is 0.607. The van der Waals surface area contributed by atoms with Gasteiger partial charge in [0.2, 0.25) is 0 Å². The first-order chi connectivity index (χ1) is 9.76. The average Bonchev–Trinajstić information content (AvgIpc) is 2.49. The SMILES string of the molecule is COc1cc(C2OCCCO2)cc(N)c1OCCCO. The first-order valence-electron chi connectivity index (χ1n) is 6.70. The number of methoxy groups -OCH3 is 1. The summed E-state index contributed by atoms with van der Waals surface area (Å²) in [5.74, 6) is 1.02. The lowest BCUT2D eigenvalue weighted by Gasteiger charge is -2.24. The van der Waals surface area contributed by atoms with Gasteiger partial charge in [0.1, 0.15) is 0 Å². The Morgan fingerprint density at radius 2 is 2.10 bits per heavy atom. The molecule has 0 amide bonds. The van der Waals surface area contributed by atoms with Crippen LogP contribution in [0, 0.1) is 0 Å². The van der Waals surface area contributed by atoms with E-state index in [0.29, 0.717) is 43.4 Å². The fourth-order valence-corrected chi connectivity index (χ4v) is 2.01. The highest BCUT2D eigenvalue weighted by Crippen LogP contribution is 2.38. The van der Waals surface area contributed by atoms with Gasteiger partial charge in [-0.05, 0) is 18.6 Å². The number of hydrogen-bond acceptors (Lipinski definition) is 6. The van der Waals surface area contributed by atoms with Crippen LogP contribution in [-0.2, 0) is 9.47 Å². The molecule has 20 heavy (non-hydrogen) atoms. The van der Waals surface area contributed by atoms with Gasteiger partial charge in [-0.3, -0.25) is 0 Å². The molecule has 0 radical (unpaired) electrons. The Labute approximate surface area is 118 Å². The Kier molecular flexibility index (Phi) is 5.46. The summed E-state index contributed by atoms with van der Waals surface area (Å²) in [4.78, 5) is 0. The highest BCUT2D eigenvalue weighted by molar-refractivity contribution is 5.62. The zero-order valence-corrected chi connectivity index (χ0v) is 11.6. The third-order valence-corrected chi connectivity index (χ3v) is 2.97. The molecule has 1 aromatic rings. The zero-order chi connectivity index (χ0) is 14.4. The van der Waals surface area contributed by atoms with E-state index in [1.165, 1.54) is 0 Å².